The first kappa shape index (κ1) is 12.1. The molecule has 0 fully saturated rings. The lowest BCUT2D eigenvalue weighted by Crippen LogP contribution is -2.73. The van der Waals surface area contributed by atoms with E-state index in [9.17, 15) is 0 Å². The predicted molar refractivity (Wildman–Crippen MR) is 82.8 cm³/mol. The Hall–Kier alpha value is -2.00. The first-order chi connectivity index (χ1) is 9.31. The summed E-state index contributed by atoms with van der Waals surface area (Å²) in [4.78, 5) is 5.99. The van der Waals surface area contributed by atoms with E-state index >= 15 is 0 Å². The highest BCUT2D eigenvalue weighted by Gasteiger charge is 2.39. The number of rotatable bonds is 2. The topological polar surface area (TPSA) is 15.3 Å². The summed E-state index contributed by atoms with van der Waals surface area (Å²) in [5, 5.41) is 2.86. The van der Waals surface area contributed by atoms with E-state index in [1.165, 1.54) is 10.4 Å². The Morgan fingerprint density at radius 2 is 1.42 bits per heavy atom. The molecule has 1 heterocycles. The van der Waals surface area contributed by atoms with E-state index in [0.717, 1.165) is 6.17 Å². The molecule has 19 heavy (non-hydrogen) atoms. The molecular formula is C16H18N2Si. The van der Waals surface area contributed by atoms with Crippen molar-refractivity contribution in [3.05, 3.63) is 73.1 Å². The van der Waals surface area contributed by atoms with Gasteiger partial charge < -0.3 is 9.88 Å². The highest BCUT2D eigenvalue weighted by molar-refractivity contribution is 7.00. The van der Waals surface area contributed by atoms with Crippen molar-refractivity contribution in [3.63, 3.8) is 0 Å². The monoisotopic (exact) mass is 266 g/mol. The van der Waals surface area contributed by atoms with Crippen molar-refractivity contribution >= 4 is 18.6 Å². The molecule has 3 heteroatoms. The molecule has 2 aromatic rings. The summed E-state index contributed by atoms with van der Waals surface area (Å²) in [6, 6.07) is 21.7. The molecule has 0 saturated carbocycles. The van der Waals surface area contributed by atoms with Gasteiger partial charge in [0.25, 0.3) is 0 Å². The first-order valence-electron chi connectivity index (χ1n) is 6.57. The van der Waals surface area contributed by atoms with Crippen molar-refractivity contribution < 1.29 is 0 Å². The molecule has 0 spiro atoms. The third kappa shape index (κ3) is 2.17. The van der Waals surface area contributed by atoms with E-state index in [2.05, 4.69) is 90.0 Å². The lowest BCUT2D eigenvalue weighted by molar-refractivity contribution is 0.512. The molecule has 0 unspecified atom stereocenters. The Balaban J connectivity index is 2.14. The van der Waals surface area contributed by atoms with Gasteiger partial charge in [0.2, 0.25) is 8.24 Å². The van der Waals surface area contributed by atoms with Crippen molar-refractivity contribution in [1.29, 1.82) is 0 Å². The molecule has 0 amide bonds. The maximum atomic E-state index is 3.71. The van der Waals surface area contributed by atoms with Crippen LogP contribution in [0.25, 0.3) is 0 Å². The van der Waals surface area contributed by atoms with Crippen LogP contribution in [0, 0.1) is 0 Å². The zero-order valence-electron chi connectivity index (χ0n) is 11.1. The Morgan fingerprint density at radius 3 is 1.89 bits per heavy atom. The summed E-state index contributed by atoms with van der Waals surface area (Å²) in [6.45, 7) is 0. The van der Waals surface area contributed by atoms with Crippen molar-refractivity contribution in [2.75, 3.05) is 13.2 Å². The molecule has 0 aromatic heterocycles. The van der Waals surface area contributed by atoms with E-state index in [4.69, 9.17) is 0 Å². The zero-order valence-corrected chi connectivity index (χ0v) is 12.1. The summed E-state index contributed by atoms with van der Waals surface area (Å²) in [5.74, 6) is 0. The average Bonchev–Trinajstić information content (AvgIpc) is 2.49. The number of hydrogen-bond donors (Lipinski definition) is 1. The van der Waals surface area contributed by atoms with Gasteiger partial charge in [-0.25, -0.2) is 0 Å². The standard InChI is InChI=1S/C16H18N2Si/c1-18-13-12-17-19(14-18,15-8-4-2-5-9-15)16-10-6-3-7-11-16/h2-13,17H,14H2,1H3. The first-order valence-corrected chi connectivity index (χ1v) is 8.78. The molecular weight excluding hydrogens is 248 g/mol. The molecule has 0 aliphatic carbocycles. The summed E-state index contributed by atoms with van der Waals surface area (Å²) in [7, 11) is 0.235. The number of benzene rings is 2. The van der Waals surface area contributed by atoms with Crippen LogP contribution in [0.4, 0.5) is 0 Å². The Bertz CT molecular complexity index is 526. The predicted octanol–water partition coefficient (Wildman–Crippen LogP) is 1.29. The fourth-order valence-corrected chi connectivity index (χ4v) is 6.60. The van der Waals surface area contributed by atoms with Crippen LogP contribution in [0.15, 0.2) is 73.1 Å². The highest BCUT2D eigenvalue weighted by Crippen LogP contribution is 2.08. The molecule has 1 aliphatic heterocycles. The second-order valence-corrected chi connectivity index (χ2v) is 8.58. The van der Waals surface area contributed by atoms with Crippen LogP contribution in [-0.4, -0.2) is 26.4 Å². The summed E-state index contributed by atoms with van der Waals surface area (Å²) in [6.07, 6.45) is 5.25. The minimum absolute atomic E-state index is 1.05. The number of hydrogen-bond acceptors (Lipinski definition) is 2. The van der Waals surface area contributed by atoms with Crippen molar-refractivity contribution in [1.82, 2.24) is 9.88 Å². The van der Waals surface area contributed by atoms with Crippen LogP contribution >= 0.6 is 0 Å². The van der Waals surface area contributed by atoms with Crippen LogP contribution in [0.5, 0.6) is 0 Å². The van der Waals surface area contributed by atoms with Crippen molar-refractivity contribution in [2.24, 2.45) is 0 Å². The molecule has 1 aliphatic rings. The van der Waals surface area contributed by atoms with Crippen LogP contribution in [0.1, 0.15) is 0 Å². The quantitative estimate of drug-likeness (QED) is 0.824. The van der Waals surface area contributed by atoms with Gasteiger partial charge in [0.05, 0.1) is 0 Å². The van der Waals surface area contributed by atoms with Crippen molar-refractivity contribution in [3.8, 4) is 0 Å². The lowest BCUT2D eigenvalue weighted by Gasteiger charge is -2.38. The molecule has 0 radical (unpaired) electrons. The van der Waals surface area contributed by atoms with Gasteiger partial charge >= 0.3 is 0 Å². The molecule has 3 rings (SSSR count). The van der Waals surface area contributed by atoms with E-state index in [1.54, 1.807) is 0 Å². The molecule has 0 bridgehead atoms. The molecule has 2 aromatic carbocycles. The van der Waals surface area contributed by atoms with Gasteiger partial charge in [-0.05, 0) is 10.4 Å². The Kier molecular flexibility index (Phi) is 3.13. The summed E-state index contributed by atoms with van der Waals surface area (Å²) < 4.78 is 0. The Labute approximate surface area is 115 Å². The molecule has 1 N–H and O–H groups in total. The van der Waals surface area contributed by atoms with Gasteiger partial charge in [-0.3, -0.25) is 0 Å². The van der Waals surface area contributed by atoms with Gasteiger partial charge in [0.15, 0.2) is 0 Å². The second-order valence-electron chi connectivity index (χ2n) is 5.01. The highest BCUT2D eigenvalue weighted by atomic mass is 28.3. The van der Waals surface area contributed by atoms with E-state index in [-0.39, 0.29) is 0 Å². The van der Waals surface area contributed by atoms with Gasteiger partial charge in [0, 0.05) is 25.6 Å². The summed E-state index contributed by atoms with van der Waals surface area (Å²) in [5.41, 5.74) is 0. The van der Waals surface area contributed by atoms with Crippen LogP contribution in [0.2, 0.25) is 0 Å². The van der Waals surface area contributed by atoms with Gasteiger partial charge in [-0.2, -0.15) is 0 Å². The summed E-state index contributed by atoms with van der Waals surface area (Å²) >= 11 is 0. The maximum Gasteiger partial charge on any atom is 0.237 e. The molecule has 2 nitrogen and oxygen atoms in total. The van der Waals surface area contributed by atoms with Crippen LogP contribution in [-0.2, 0) is 0 Å². The largest absolute Gasteiger partial charge is 0.407 e. The number of nitrogens with zero attached hydrogens (tertiary/aromatic N) is 1. The molecule has 0 saturated heterocycles. The van der Waals surface area contributed by atoms with Crippen LogP contribution < -0.4 is 15.4 Å². The number of nitrogens with one attached hydrogen (secondary N) is 1. The van der Waals surface area contributed by atoms with E-state index in [1.807, 2.05) is 0 Å². The molecule has 0 atom stereocenters. The minimum atomic E-state index is -1.91. The average molecular weight is 266 g/mol. The second kappa shape index (κ2) is 4.94. The minimum Gasteiger partial charge on any atom is -0.407 e. The van der Waals surface area contributed by atoms with Gasteiger partial charge in [-0.1, -0.05) is 60.7 Å². The maximum absolute atomic E-state index is 3.71. The third-order valence-corrected chi connectivity index (χ3v) is 7.95. The van der Waals surface area contributed by atoms with E-state index < -0.39 is 8.24 Å². The Morgan fingerprint density at radius 1 is 0.895 bits per heavy atom. The van der Waals surface area contributed by atoms with Crippen LogP contribution in [0.3, 0.4) is 0 Å². The normalized spacial score (nSPS) is 17.0. The van der Waals surface area contributed by atoms with Crippen molar-refractivity contribution in [2.45, 2.75) is 0 Å². The molecule has 96 valence electrons. The fourth-order valence-electron chi connectivity index (χ4n) is 2.74. The lowest BCUT2D eigenvalue weighted by atomic mass is 10.4. The fraction of sp³-hybridized carbons (Fsp3) is 0.125. The van der Waals surface area contributed by atoms with Gasteiger partial charge in [0.1, 0.15) is 0 Å². The zero-order chi connectivity index (χ0) is 13.1. The third-order valence-electron chi connectivity index (χ3n) is 3.68. The van der Waals surface area contributed by atoms with E-state index in [0.29, 0.717) is 0 Å². The SMILES string of the molecule is CN1C=CN[Si](c2ccccc2)(c2ccccc2)C1. The van der Waals surface area contributed by atoms with Gasteiger partial charge in [-0.15, -0.1) is 0 Å². The smallest absolute Gasteiger partial charge is 0.237 e.